The van der Waals surface area contributed by atoms with E-state index in [0.717, 1.165) is 56.9 Å². The lowest BCUT2D eigenvalue weighted by Crippen LogP contribution is -2.46. The van der Waals surface area contributed by atoms with Gasteiger partial charge in [0, 0.05) is 63.8 Å². The second kappa shape index (κ2) is 8.57. The van der Waals surface area contributed by atoms with E-state index in [0.29, 0.717) is 13.1 Å². The van der Waals surface area contributed by atoms with Crippen LogP contribution in [0, 0.1) is 10.1 Å². The van der Waals surface area contributed by atoms with Gasteiger partial charge in [-0.15, -0.1) is 0 Å². The van der Waals surface area contributed by atoms with Crippen LogP contribution in [0.5, 0.6) is 0 Å². The van der Waals surface area contributed by atoms with Gasteiger partial charge >= 0.3 is 0 Å². The highest BCUT2D eigenvalue weighted by Crippen LogP contribution is 2.28. The van der Waals surface area contributed by atoms with Crippen LogP contribution in [-0.4, -0.2) is 64.9 Å². The number of nitro groups is 1. The molecule has 0 spiro atoms. The highest BCUT2D eigenvalue weighted by molar-refractivity contribution is 5.99. The predicted octanol–water partition coefficient (Wildman–Crippen LogP) is 2.55. The summed E-state index contributed by atoms with van der Waals surface area (Å²) in [6.45, 7) is 5.53. The molecule has 4 rings (SSSR count). The lowest BCUT2D eigenvalue weighted by Gasteiger charge is -2.36. The van der Waals surface area contributed by atoms with Gasteiger partial charge in [-0.05, 0) is 37.1 Å². The molecule has 1 amide bonds. The first-order valence-electron chi connectivity index (χ1n) is 10.1. The summed E-state index contributed by atoms with van der Waals surface area (Å²) in [7, 11) is 0. The van der Waals surface area contributed by atoms with Crippen LogP contribution < -0.4 is 4.90 Å². The molecule has 2 aliphatic rings. The number of pyridine rings is 1. The molecule has 2 fully saturated rings. The molecule has 3 heterocycles. The average molecular weight is 395 g/mol. The fraction of sp³-hybridized carbons (Fsp3) is 0.429. The molecular weight excluding hydrogens is 370 g/mol. The molecule has 0 atom stereocenters. The van der Waals surface area contributed by atoms with Crippen molar-refractivity contribution in [1.82, 2.24) is 14.8 Å². The maximum absolute atomic E-state index is 12.9. The third-order valence-electron chi connectivity index (χ3n) is 5.65. The normalized spacial score (nSPS) is 17.5. The number of carbonyl (C=O) groups is 1. The van der Waals surface area contributed by atoms with Gasteiger partial charge in [-0.2, -0.15) is 0 Å². The quantitative estimate of drug-likeness (QED) is 0.572. The molecule has 29 heavy (non-hydrogen) atoms. The maximum atomic E-state index is 12.9. The molecule has 0 unspecified atom stereocenters. The Morgan fingerprint density at radius 1 is 1.03 bits per heavy atom. The van der Waals surface area contributed by atoms with Gasteiger partial charge in [0.15, 0.2) is 0 Å². The minimum Gasteiger partial charge on any atom is -0.369 e. The molecule has 8 heteroatoms. The molecule has 1 aromatic carbocycles. The number of carbonyl (C=O) groups excluding carboxylic acids is 1. The zero-order valence-corrected chi connectivity index (χ0v) is 16.4. The summed E-state index contributed by atoms with van der Waals surface area (Å²) in [5.41, 5.74) is 2.01. The number of aromatic nitrogens is 1. The summed E-state index contributed by atoms with van der Waals surface area (Å²) in [5.74, 6) is -0.232. The predicted molar refractivity (Wildman–Crippen MR) is 110 cm³/mol. The van der Waals surface area contributed by atoms with E-state index in [1.54, 1.807) is 23.2 Å². The fourth-order valence-corrected chi connectivity index (χ4v) is 4.03. The number of rotatable bonds is 5. The summed E-state index contributed by atoms with van der Waals surface area (Å²) < 4.78 is 0. The van der Waals surface area contributed by atoms with E-state index >= 15 is 0 Å². The van der Waals surface area contributed by atoms with E-state index in [1.165, 1.54) is 6.07 Å². The zero-order valence-electron chi connectivity index (χ0n) is 16.4. The number of nitrogens with zero attached hydrogens (tertiary/aromatic N) is 5. The van der Waals surface area contributed by atoms with Crippen LogP contribution in [0.2, 0.25) is 0 Å². The lowest BCUT2D eigenvalue weighted by atomic mass is 10.1. The molecule has 2 aromatic rings. The van der Waals surface area contributed by atoms with Crippen LogP contribution in [-0.2, 0) is 6.54 Å². The topological polar surface area (TPSA) is 82.8 Å². The average Bonchev–Trinajstić information content (AvgIpc) is 3.29. The Morgan fingerprint density at radius 2 is 1.79 bits per heavy atom. The van der Waals surface area contributed by atoms with Crippen molar-refractivity contribution in [2.24, 2.45) is 0 Å². The number of amides is 1. The van der Waals surface area contributed by atoms with Gasteiger partial charge < -0.3 is 9.80 Å². The molecule has 8 nitrogen and oxygen atoms in total. The largest absolute Gasteiger partial charge is 0.369 e. The van der Waals surface area contributed by atoms with E-state index in [4.69, 9.17) is 0 Å². The van der Waals surface area contributed by atoms with Crippen molar-refractivity contribution >= 4 is 17.3 Å². The standard InChI is InChI=1S/C21H25N5O3/c27-21(25-9-3-4-10-25)19-15-18(6-7-20(19)26(28)29)24-13-11-23(12-14-24)16-17-5-1-2-8-22-17/h1-2,5-8,15H,3-4,9-14,16H2. The van der Waals surface area contributed by atoms with Gasteiger partial charge in [0.1, 0.15) is 5.56 Å². The molecule has 0 N–H and O–H groups in total. The monoisotopic (exact) mass is 395 g/mol. The number of anilines is 1. The molecule has 2 aliphatic heterocycles. The minimum atomic E-state index is -0.460. The maximum Gasteiger partial charge on any atom is 0.282 e. The second-order valence-electron chi connectivity index (χ2n) is 7.54. The van der Waals surface area contributed by atoms with Gasteiger partial charge in [0.25, 0.3) is 11.6 Å². The molecule has 2 saturated heterocycles. The Hall–Kier alpha value is -3.00. The van der Waals surface area contributed by atoms with Crippen molar-refractivity contribution in [1.29, 1.82) is 0 Å². The van der Waals surface area contributed by atoms with Crippen LogP contribution in [0.15, 0.2) is 42.6 Å². The van der Waals surface area contributed by atoms with Crippen LogP contribution in [0.25, 0.3) is 0 Å². The molecule has 0 aliphatic carbocycles. The zero-order chi connectivity index (χ0) is 20.2. The Kier molecular flexibility index (Phi) is 5.71. The molecule has 0 radical (unpaired) electrons. The summed E-state index contributed by atoms with van der Waals surface area (Å²) >= 11 is 0. The van der Waals surface area contributed by atoms with E-state index < -0.39 is 4.92 Å². The second-order valence-corrected chi connectivity index (χ2v) is 7.54. The van der Waals surface area contributed by atoms with Crippen LogP contribution in [0.1, 0.15) is 28.9 Å². The number of benzene rings is 1. The Labute approximate surface area is 169 Å². The summed E-state index contributed by atoms with van der Waals surface area (Å²) in [6.07, 6.45) is 3.72. The van der Waals surface area contributed by atoms with Gasteiger partial charge in [-0.1, -0.05) is 6.07 Å². The van der Waals surface area contributed by atoms with E-state index in [-0.39, 0.29) is 17.2 Å². The van der Waals surface area contributed by atoms with Gasteiger partial charge in [-0.25, -0.2) is 0 Å². The molecule has 1 aromatic heterocycles. The number of hydrogen-bond acceptors (Lipinski definition) is 6. The number of nitro benzene ring substituents is 1. The Morgan fingerprint density at radius 3 is 2.45 bits per heavy atom. The fourth-order valence-electron chi connectivity index (χ4n) is 4.03. The van der Waals surface area contributed by atoms with Crippen molar-refractivity contribution < 1.29 is 9.72 Å². The van der Waals surface area contributed by atoms with Crippen molar-refractivity contribution in [3.8, 4) is 0 Å². The van der Waals surface area contributed by atoms with E-state index in [2.05, 4.69) is 14.8 Å². The number of hydrogen-bond donors (Lipinski definition) is 0. The van der Waals surface area contributed by atoms with Crippen LogP contribution in [0.3, 0.4) is 0 Å². The smallest absolute Gasteiger partial charge is 0.282 e. The van der Waals surface area contributed by atoms with E-state index in [9.17, 15) is 14.9 Å². The van der Waals surface area contributed by atoms with Gasteiger partial charge in [0.2, 0.25) is 0 Å². The lowest BCUT2D eigenvalue weighted by molar-refractivity contribution is -0.385. The Balaban J connectivity index is 1.47. The van der Waals surface area contributed by atoms with Crippen molar-refractivity contribution in [3.05, 3.63) is 64.0 Å². The van der Waals surface area contributed by atoms with Gasteiger partial charge in [-0.3, -0.25) is 24.8 Å². The van der Waals surface area contributed by atoms with Gasteiger partial charge in [0.05, 0.1) is 10.6 Å². The first-order valence-corrected chi connectivity index (χ1v) is 10.1. The molecular formula is C21H25N5O3. The van der Waals surface area contributed by atoms with Crippen LogP contribution >= 0.6 is 0 Å². The van der Waals surface area contributed by atoms with Crippen molar-refractivity contribution in [3.63, 3.8) is 0 Å². The highest BCUT2D eigenvalue weighted by atomic mass is 16.6. The first-order chi connectivity index (χ1) is 14.1. The highest BCUT2D eigenvalue weighted by Gasteiger charge is 2.28. The summed E-state index contributed by atoms with van der Waals surface area (Å²) in [5, 5.41) is 11.5. The molecule has 0 saturated carbocycles. The summed E-state index contributed by atoms with van der Waals surface area (Å²) in [6, 6.07) is 10.9. The summed E-state index contributed by atoms with van der Waals surface area (Å²) in [4.78, 5) is 34.5. The van der Waals surface area contributed by atoms with Crippen LogP contribution in [0.4, 0.5) is 11.4 Å². The van der Waals surface area contributed by atoms with Crippen molar-refractivity contribution in [2.45, 2.75) is 19.4 Å². The number of piperazine rings is 1. The first kappa shape index (κ1) is 19.3. The van der Waals surface area contributed by atoms with E-state index in [1.807, 2.05) is 18.2 Å². The number of likely N-dealkylation sites (tertiary alicyclic amines) is 1. The minimum absolute atomic E-state index is 0.112. The third kappa shape index (κ3) is 4.37. The SMILES string of the molecule is O=C(c1cc(N2CCN(Cc3ccccn3)CC2)ccc1[N+](=O)[O-])N1CCCC1. The Bertz CT molecular complexity index is 875. The third-order valence-corrected chi connectivity index (χ3v) is 5.65. The molecule has 152 valence electrons. The molecule has 0 bridgehead atoms. The van der Waals surface area contributed by atoms with Crippen molar-refractivity contribution in [2.75, 3.05) is 44.2 Å².